The van der Waals surface area contributed by atoms with Gasteiger partial charge in [-0.15, -0.1) is 0 Å². The van der Waals surface area contributed by atoms with Gasteiger partial charge in [-0.2, -0.15) is 11.8 Å². The Hall–Kier alpha value is -0.710. The fraction of sp³-hybridized carbons (Fsp3) is 0.833. The monoisotopic (exact) mass is 258 g/mol. The van der Waals surface area contributed by atoms with Gasteiger partial charge in [0.1, 0.15) is 6.04 Å². The Kier molecular flexibility index (Phi) is 5.82. The van der Waals surface area contributed by atoms with Crippen molar-refractivity contribution in [3.05, 3.63) is 0 Å². The highest BCUT2D eigenvalue weighted by molar-refractivity contribution is 7.99. The third-order valence-corrected chi connectivity index (χ3v) is 3.85. The van der Waals surface area contributed by atoms with Gasteiger partial charge in [0, 0.05) is 6.54 Å². The summed E-state index contributed by atoms with van der Waals surface area (Å²) in [7, 11) is 0. The lowest BCUT2D eigenvalue weighted by atomic mass is 9.99. The van der Waals surface area contributed by atoms with Gasteiger partial charge < -0.3 is 10.2 Å². The second-order valence-corrected chi connectivity index (χ2v) is 5.94. The van der Waals surface area contributed by atoms with Gasteiger partial charge in [0.25, 0.3) is 0 Å². The summed E-state index contributed by atoms with van der Waals surface area (Å²) in [4.78, 5) is 25.3. The van der Waals surface area contributed by atoms with Gasteiger partial charge in [0.15, 0.2) is 0 Å². The lowest BCUT2D eigenvalue weighted by Gasteiger charge is -2.37. The number of piperazine rings is 1. The second-order valence-electron chi connectivity index (χ2n) is 4.54. The smallest absolute Gasteiger partial charge is 0.243 e. The maximum atomic E-state index is 11.8. The predicted molar refractivity (Wildman–Crippen MR) is 71.0 cm³/mol. The van der Waals surface area contributed by atoms with Crippen LogP contribution in [0.1, 0.15) is 27.2 Å². The summed E-state index contributed by atoms with van der Waals surface area (Å²) in [5.74, 6) is 2.35. The van der Waals surface area contributed by atoms with Crippen molar-refractivity contribution in [3.8, 4) is 0 Å². The molecule has 0 radical (unpaired) electrons. The Balaban J connectivity index is 2.56. The first-order chi connectivity index (χ1) is 8.07. The summed E-state index contributed by atoms with van der Waals surface area (Å²) in [5, 5.41) is 2.66. The summed E-state index contributed by atoms with van der Waals surface area (Å²) in [5.41, 5.74) is 0. The molecule has 0 spiro atoms. The van der Waals surface area contributed by atoms with Crippen LogP contribution in [0.4, 0.5) is 0 Å². The van der Waals surface area contributed by atoms with E-state index in [2.05, 4.69) is 12.2 Å². The Morgan fingerprint density at radius 2 is 2.18 bits per heavy atom. The van der Waals surface area contributed by atoms with E-state index >= 15 is 0 Å². The highest BCUT2D eigenvalue weighted by Crippen LogP contribution is 2.16. The van der Waals surface area contributed by atoms with Crippen molar-refractivity contribution in [2.24, 2.45) is 5.92 Å². The summed E-state index contributed by atoms with van der Waals surface area (Å²) in [6.07, 6.45) is 0.959. The van der Waals surface area contributed by atoms with Crippen molar-refractivity contribution in [3.63, 3.8) is 0 Å². The molecule has 0 aliphatic carbocycles. The van der Waals surface area contributed by atoms with Gasteiger partial charge in [0.2, 0.25) is 11.8 Å². The molecule has 0 aromatic heterocycles. The molecule has 5 heteroatoms. The number of nitrogens with one attached hydrogen (secondary N) is 1. The molecule has 0 bridgehead atoms. The highest BCUT2D eigenvalue weighted by Gasteiger charge is 2.35. The first kappa shape index (κ1) is 14.4. The van der Waals surface area contributed by atoms with E-state index in [1.807, 2.05) is 25.6 Å². The maximum absolute atomic E-state index is 11.8. The molecule has 0 aromatic rings. The zero-order valence-electron chi connectivity index (χ0n) is 10.9. The molecule has 17 heavy (non-hydrogen) atoms. The molecule has 1 fully saturated rings. The average Bonchev–Trinajstić information content (AvgIpc) is 2.28. The molecule has 1 rings (SSSR count). The fourth-order valence-corrected chi connectivity index (χ4v) is 2.70. The van der Waals surface area contributed by atoms with Crippen LogP contribution < -0.4 is 5.32 Å². The number of rotatable bonds is 6. The van der Waals surface area contributed by atoms with Crippen LogP contribution in [0.2, 0.25) is 0 Å². The molecule has 1 aliphatic heterocycles. The van der Waals surface area contributed by atoms with Gasteiger partial charge in [-0.3, -0.25) is 9.59 Å². The first-order valence-electron chi connectivity index (χ1n) is 6.22. The van der Waals surface area contributed by atoms with E-state index in [1.165, 1.54) is 0 Å². The quantitative estimate of drug-likeness (QED) is 0.726. The Morgan fingerprint density at radius 1 is 1.47 bits per heavy atom. The van der Waals surface area contributed by atoms with Crippen LogP contribution in [-0.2, 0) is 9.59 Å². The molecular formula is C12H22N2O2S. The number of nitrogens with zero attached hydrogens (tertiary/aromatic N) is 1. The van der Waals surface area contributed by atoms with Crippen molar-refractivity contribution >= 4 is 23.6 Å². The van der Waals surface area contributed by atoms with Crippen LogP contribution in [0.3, 0.4) is 0 Å². The van der Waals surface area contributed by atoms with Crippen molar-refractivity contribution in [1.29, 1.82) is 0 Å². The number of carbonyl (C=O) groups is 2. The second kappa shape index (κ2) is 6.89. The predicted octanol–water partition coefficient (Wildman–Crippen LogP) is 1.11. The number of hydrogen-bond donors (Lipinski definition) is 1. The summed E-state index contributed by atoms with van der Waals surface area (Å²) >= 11 is 1.87. The minimum Gasteiger partial charge on any atom is -0.345 e. The minimum atomic E-state index is -0.289. The standard InChI is InChI=1S/C12H22N2O2S/c1-4-17-7-5-6-14-10(15)8-13-12(16)11(14)9(2)3/h9,11H,4-8H2,1-3H3,(H,13,16). The summed E-state index contributed by atoms with van der Waals surface area (Å²) < 4.78 is 0. The van der Waals surface area contributed by atoms with Crippen LogP contribution in [0, 0.1) is 5.92 Å². The topological polar surface area (TPSA) is 49.4 Å². The third kappa shape index (κ3) is 3.91. The molecule has 4 nitrogen and oxygen atoms in total. The Morgan fingerprint density at radius 3 is 2.76 bits per heavy atom. The van der Waals surface area contributed by atoms with E-state index < -0.39 is 0 Å². The summed E-state index contributed by atoms with van der Waals surface area (Å²) in [6.45, 7) is 6.94. The molecule has 2 amide bonds. The van der Waals surface area contributed by atoms with E-state index in [4.69, 9.17) is 0 Å². The Bertz CT molecular complexity index is 282. The van der Waals surface area contributed by atoms with Crippen molar-refractivity contribution in [1.82, 2.24) is 10.2 Å². The van der Waals surface area contributed by atoms with Gasteiger partial charge in [-0.1, -0.05) is 20.8 Å². The zero-order valence-corrected chi connectivity index (χ0v) is 11.7. The van der Waals surface area contributed by atoms with Gasteiger partial charge >= 0.3 is 0 Å². The molecule has 1 heterocycles. The molecule has 1 aliphatic rings. The highest BCUT2D eigenvalue weighted by atomic mass is 32.2. The minimum absolute atomic E-state index is 0.0113. The largest absolute Gasteiger partial charge is 0.345 e. The fourth-order valence-electron chi connectivity index (χ4n) is 2.07. The van der Waals surface area contributed by atoms with Gasteiger partial charge in [-0.05, 0) is 23.8 Å². The molecule has 0 saturated carbocycles. The molecule has 1 saturated heterocycles. The van der Waals surface area contributed by atoms with Gasteiger partial charge in [-0.25, -0.2) is 0 Å². The Labute approximate surface area is 108 Å². The molecule has 1 unspecified atom stereocenters. The van der Waals surface area contributed by atoms with E-state index in [0.29, 0.717) is 6.54 Å². The number of thioether (sulfide) groups is 1. The molecular weight excluding hydrogens is 236 g/mol. The van der Waals surface area contributed by atoms with Crippen LogP contribution in [-0.4, -0.2) is 47.4 Å². The van der Waals surface area contributed by atoms with Crippen LogP contribution in [0.15, 0.2) is 0 Å². The summed E-state index contributed by atoms with van der Waals surface area (Å²) in [6, 6.07) is -0.289. The van der Waals surface area contributed by atoms with Crippen molar-refractivity contribution in [2.75, 3.05) is 24.6 Å². The lowest BCUT2D eigenvalue weighted by Crippen LogP contribution is -2.60. The molecule has 1 N–H and O–H groups in total. The van der Waals surface area contributed by atoms with E-state index in [0.717, 1.165) is 17.9 Å². The first-order valence-corrected chi connectivity index (χ1v) is 7.38. The number of carbonyl (C=O) groups excluding carboxylic acids is 2. The van der Waals surface area contributed by atoms with E-state index in [9.17, 15) is 9.59 Å². The van der Waals surface area contributed by atoms with E-state index in [-0.39, 0.29) is 30.3 Å². The van der Waals surface area contributed by atoms with Crippen LogP contribution in [0.5, 0.6) is 0 Å². The maximum Gasteiger partial charge on any atom is 0.243 e. The molecule has 1 atom stereocenters. The van der Waals surface area contributed by atoms with Crippen molar-refractivity contribution < 1.29 is 9.59 Å². The van der Waals surface area contributed by atoms with E-state index in [1.54, 1.807) is 4.90 Å². The van der Waals surface area contributed by atoms with Crippen molar-refractivity contribution in [2.45, 2.75) is 33.2 Å². The normalized spacial score (nSPS) is 20.9. The van der Waals surface area contributed by atoms with Crippen LogP contribution in [0.25, 0.3) is 0 Å². The number of hydrogen-bond acceptors (Lipinski definition) is 3. The lowest BCUT2D eigenvalue weighted by molar-refractivity contribution is -0.147. The van der Waals surface area contributed by atoms with Crippen LogP contribution >= 0.6 is 11.8 Å². The SMILES string of the molecule is CCSCCCN1C(=O)CNC(=O)C1C(C)C. The molecule has 0 aromatic carbocycles. The zero-order chi connectivity index (χ0) is 12.8. The average molecular weight is 258 g/mol. The molecule has 98 valence electrons. The third-order valence-electron chi connectivity index (χ3n) is 2.86. The number of amides is 2. The van der Waals surface area contributed by atoms with Gasteiger partial charge in [0.05, 0.1) is 6.54 Å².